The summed E-state index contributed by atoms with van der Waals surface area (Å²) in [6.45, 7) is -0.374. The highest BCUT2D eigenvalue weighted by atomic mass is 35.5. The minimum atomic E-state index is -4.75. The first-order valence-corrected chi connectivity index (χ1v) is 11.8. The zero-order chi connectivity index (χ0) is 25.1. The van der Waals surface area contributed by atoms with Crippen LogP contribution < -0.4 is 14.8 Å². The second kappa shape index (κ2) is 10.3. The van der Waals surface area contributed by atoms with Crippen molar-refractivity contribution in [3.63, 3.8) is 0 Å². The minimum absolute atomic E-state index is 0.227. The van der Waals surface area contributed by atoms with Gasteiger partial charge in [0.15, 0.2) is 6.61 Å². The second-order valence-electron chi connectivity index (χ2n) is 6.73. The topological polar surface area (TPSA) is 84.5 Å². The van der Waals surface area contributed by atoms with E-state index >= 15 is 0 Å². The first kappa shape index (κ1) is 26.0. The third-order valence-corrected chi connectivity index (χ3v) is 6.48. The molecule has 34 heavy (non-hydrogen) atoms. The van der Waals surface area contributed by atoms with Crippen LogP contribution in [0.4, 0.5) is 24.5 Å². The lowest BCUT2D eigenvalue weighted by Gasteiger charge is -2.13. The normalized spacial score (nSPS) is 11.7. The van der Waals surface area contributed by atoms with Crippen LogP contribution in [0.1, 0.15) is 5.56 Å². The molecule has 3 aromatic carbocycles. The van der Waals surface area contributed by atoms with E-state index in [2.05, 4.69) is 10.0 Å². The summed E-state index contributed by atoms with van der Waals surface area (Å²) < 4.78 is 71.5. The smallest absolute Gasteiger partial charge is 0.417 e. The number of anilines is 2. The molecule has 180 valence electrons. The van der Waals surface area contributed by atoms with Crippen molar-refractivity contribution >= 4 is 62.1 Å². The van der Waals surface area contributed by atoms with Crippen LogP contribution in [-0.2, 0) is 21.0 Å². The summed E-state index contributed by atoms with van der Waals surface area (Å²) in [5, 5.41) is 2.59. The standard InChI is InChI=1S/C21H14Cl3F3N2O4S/c22-12-1-8-19(18(24)9-12)33-11-20(30)28-13-2-5-15(6-3-13)34(31,32)29-14-4-7-17(23)16(10-14)21(25,26)27/h1-10,29H,11H2,(H,28,30). The van der Waals surface area contributed by atoms with E-state index in [4.69, 9.17) is 39.5 Å². The van der Waals surface area contributed by atoms with Crippen molar-refractivity contribution in [2.45, 2.75) is 11.1 Å². The van der Waals surface area contributed by atoms with Crippen LogP contribution in [0.25, 0.3) is 0 Å². The molecule has 2 N–H and O–H groups in total. The zero-order valence-electron chi connectivity index (χ0n) is 16.8. The Bertz CT molecular complexity index is 1320. The van der Waals surface area contributed by atoms with E-state index in [1.807, 2.05) is 0 Å². The van der Waals surface area contributed by atoms with Gasteiger partial charge in [0, 0.05) is 16.4 Å². The number of sulfonamides is 1. The van der Waals surface area contributed by atoms with Gasteiger partial charge >= 0.3 is 6.18 Å². The first-order valence-electron chi connectivity index (χ1n) is 9.22. The van der Waals surface area contributed by atoms with Gasteiger partial charge in [-0.2, -0.15) is 13.2 Å². The number of nitrogens with one attached hydrogen (secondary N) is 2. The fourth-order valence-electron chi connectivity index (χ4n) is 2.67. The molecule has 0 spiro atoms. The van der Waals surface area contributed by atoms with Crippen LogP contribution >= 0.6 is 34.8 Å². The molecule has 0 unspecified atom stereocenters. The number of carbonyl (C=O) groups is 1. The Morgan fingerprint density at radius 3 is 2.15 bits per heavy atom. The van der Waals surface area contributed by atoms with Crippen LogP contribution in [0.15, 0.2) is 65.6 Å². The van der Waals surface area contributed by atoms with Crippen molar-refractivity contribution in [3.05, 3.63) is 81.3 Å². The van der Waals surface area contributed by atoms with Gasteiger partial charge in [-0.3, -0.25) is 9.52 Å². The highest BCUT2D eigenvalue weighted by Crippen LogP contribution is 2.36. The summed E-state index contributed by atoms with van der Waals surface area (Å²) in [6, 6.07) is 12.1. The van der Waals surface area contributed by atoms with Crippen LogP contribution in [0.3, 0.4) is 0 Å². The first-order chi connectivity index (χ1) is 15.8. The fourth-order valence-corrected chi connectivity index (χ4v) is 4.41. The molecule has 0 aromatic heterocycles. The molecular weight excluding hydrogens is 540 g/mol. The van der Waals surface area contributed by atoms with Gasteiger partial charge in [-0.25, -0.2) is 8.42 Å². The highest BCUT2D eigenvalue weighted by Gasteiger charge is 2.33. The zero-order valence-corrected chi connectivity index (χ0v) is 19.9. The van der Waals surface area contributed by atoms with E-state index in [9.17, 15) is 26.4 Å². The van der Waals surface area contributed by atoms with Gasteiger partial charge in [-0.05, 0) is 60.7 Å². The summed E-state index contributed by atoms with van der Waals surface area (Å²) in [6.07, 6.45) is -4.75. The lowest BCUT2D eigenvalue weighted by atomic mass is 10.2. The number of hydrogen-bond acceptors (Lipinski definition) is 4. The average molecular weight is 554 g/mol. The van der Waals surface area contributed by atoms with Gasteiger partial charge in [0.25, 0.3) is 15.9 Å². The van der Waals surface area contributed by atoms with Crippen molar-refractivity contribution in [1.82, 2.24) is 0 Å². The number of alkyl halides is 3. The van der Waals surface area contributed by atoms with Crippen LogP contribution in [0, 0.1) is 0 Å². The van der Waals surface area contributed by atoms with Crippen molar-refractivity contribution in [3.8, 4) is 5.75 Å². The lowest BCUT2D eigenvalue weighted by Crippen LogP contribution is -2.20. The lowest BCUT2D eigenvalue weighted by molar-refractivity contribution is -0.137. The highest BCUT2D eigenvalue weighted by molar-refractivity contribution is 7.92. The summed E-state index contributed by atoms with van der Waals surface area (Å²) in [5.74, 6) is -0.287. The Morgan fingerprint density at radius 2 is 1.53 bits per heavy atom. The molecule has 0 saturated carbocycles. The van der Waals surface area contributed by atoms with Gasteiger partial charge in [0.1, 0.15) is 5.75 Å². The van der Waals surface area contributed by atoms with Crippen LogP contribution in [0.5, 0.6) is 5.75 Å². The maximum atomic E-state index is 13.0. The van der Waals surface area contributed by atoms with Gasteiger partial charge in [-0.1, -0.05) is 34.8 Å². The maximum absolute atomic E-state index is 13.0. The Morgan fingerprint density at radius 1 is 0.882 bits per heavy atom. The molecule has 0 atom stereocenters. The quantitative estimate of drug-likeness (QED) is 0.351. The number of halogens is 6. The average Bonchev–Trinajstić information content (AvgIpc) is 2.74. The van der Waals surface area contributed by atoms with E-state index in [1.165, 1.54) is 36.4 Å². The van der Waals surface area contributed by atoms with Gasteiger partial charge in [0.05, 0.1) is 20.5 Å². The monoisotopic (exact) mass is 552 g/mol. The van der Waals surface area contributed by atoms with Gasteiger partial charge in [-0.15, -0.1) is 0 Å². The molecule has 0 radical (unpaired) electrons. The Hall–Kier alpha value is -2.66. The van der Waals surface area contributed by atoms with Crippen molar-refractivity contribution < 1.29 is 31.1 Å². The molecule has 0 bridgehead atoms. The largest absolute Gasteiger partial charge is 0.482 e. The fraction of sp³-hybridized carbons (Fsp3) is 0.0952. The summed E-state index contributed by atoms with van der Waals surface area (Å²) in [7, 11) is -4.21. The molecule has 3 aromatic rings. The molecule has 6 nitrogen and oxygen atoms in total. The maximum Gasteiger partial charge on any atom is 0.417 e. The van der Waals surface area contributed by atoms with E-state index in [0.717, 1.165) is 12.1 Å². The molecule has 0 aliphatic rings. The number of rotatable bonds is 7. The summed E-state index contributed by atoms with van der Waals surface area (Å²) >= 11 is 17.3. The van der Waals surface area contributed by atoms with E-state index in [1.54, 1.807) is 6.07 Å². The summed E-state index contributed by atoms with van der Waals surface area (Å²) in [4.78, 5) is 11.9. The van der Waals surface area contributed by atoms with Crippen LogP contribution in [-0.4, -0.2) is 20.9 Å². The SMILES string of the molecule is O=C(COc1ccc(Cl)cc1Cl)Nc1ccc(S(=O)(=O)Nc2ccc(Cl)c(C(F)(F)F)c2)cc1. The molecule has 13 heteroatoms. The Kier molecular flexibility index (Phi) is 7.87. The molecule has 0 aliphatic heterocycles. The third-order valence-electron chi connectivity index (χ3n) is 4.23. The number of amides is 1. The molecule has 3 rings (SSSR count). The number of hydrogen-bond donors (Lipinski definition) is 2. The molecule has 0 aliphatic carbocycles. The number of carbonyl (C=O) groups excluding carboxylic acids is 1. The van der Waals surface area contributed by atoms with Gasteiger partial charge in [0.2, 0.25) is 0 Å². The Balaban J connectivity index is 1.64. The predicted molar refractivity (Wildman–Crippen MR) is 124 cm³/mol. The predicted octanol–water partition coefficient (Wildman–Crippen LogP) is 6.48. The third kappa shape index (κ3) is 6.69. The minimum Gasteiger partial charge on any atom is -0.482 e. The molecule has 0 saturated heterocycles. The molecule has 0 fully saturated rings. The van der Waals surface area contributed by atoms with E-state index < -0.39 is 32.7 Å². The molecular formula is C21H14Cl3F3N2O4S. The van der Waals surface area contributed by atoms with Crippen LogP contribution in [0.2, 0.25) is 15.1 Å². The van der Waals surface area contributed by atoms with Crippen molar-refractivity contribution in [2.75, 3.05) is 16.6 Å². The molecule has 0 heterocycles. The van der Waals surface area contributed by atoms with Gasteiger partial charge < -0.3 is 10.1 Å². The number of ether oxygens (including phenoxy) is 1. The Labute approximate surface area is 207 Å². The second-order valence-corrected chi connectivity index (χ2v) is 9.67. The van der Waals surface area contributed by atoms with Crippen molar-refractivity contribution in [2.24, 2.45) is 0 Å². The molecule has 1 amide bonds. The van der Waals surface area contributed by atoms with E-state index in [0.29, 0.717) is 11.1 Å². The van der Waals surface area contributed by atoms with Crippen molar-refractivity contribution in [1.29, 1.82) is 0 Å². The van der Waals surface area contributed by atoms with E-state index in [-0.39, 0.29) is 33.6 Å². The number of benzene rings is 3. The summed E-state index contributed by atoms with van der Waals surface area (Å²) in [5.41, 5.74) is -1.22.